The number of nitrogen functional groups attached to an aromatic ring is 1. The fourth-order valence-electron chi connectivity index (χ4n) is 1.64. The van der Waals surface area contributed by atoms with Crippen molar-refractivity contribution in [2.75, 3.05) is 5.73 Å². The lowest BCUT2D eigenvalue weighted by Crippen LogP contribution is -2.13. The normalized spacial score (nSPS) is 10.1. The Morgan fingerprint density at radius 2 is 1.83 bits per heavy atom. The number of aryl methyl sites for hydroxylation is 1. The summed E-state index contributed by atoms with van der Waals surface area (Å²) in [6, 6.07) is 12.4. The summed E-state index contributed by atoms with van der Waals surface area (Å²) in [7, 11) is 0. The molecule has 0 heterocycles. The van der Waals surface area contributed by atoms with Crippen molar-refractivity contribution >= 4 is 11.6 Å². The van der Waals surface area contributed by atoms with E-state index in [1.54, 1.807) is 18.2 Å². The lowest BCUT2D eigenvalue weighted by molar-refractivity contribution is 0.0998. The van der Waals surface area contributed by atoms with Crippen LogP contribution >= 0.6 is 0 Å². The zero-order chi connectivity index (χ0) is 13.1. The molecule has 18 heavy (non-hydrogen) atoms. The van der Waals surface area contributed by atoms with Crippen LogP contribution in [0.15, 0.2) is 42.5 Å². The Hall–Kier alpha value is -2.49. The van der Waals surface area contributed by atoms with E-state index in [4.69, 9.17) is 16.2 Å². The van der Waals surface area contributed by atoms with Crippen LogP contribution in [0.2, 0.25) is 0 Å². The molecule has 92 valence electrons. The summed E-state index contributed by atoms with van der Waals surface area (Å²) in [5.41, 5.74) is 12.7. The highest BCUT2D eigenvalue weighted by atomic mass is 16.5. The molecule has 4 N–H and O–H groups in total. The molecule has 0 unspecified atom stereocenters. The largest absolute Gasteiger partial charge is 0.454 e. The summed E-state index contributed by atoms with van der Waals surface area (Å²) in [5, 5.41) is 0. The quantitative estimate of drug-likeness (QED) is 0.811. The van der Waals surface area contributed by atoms with Gasteiger partial charge in [-0.25, -0.2) is 0 Å². The van der Waals surface area contributed by atoms with Gasteiger partial charge in [-0.1, -0.05) is 24.3 Å². The molecule has 1 amide bonds. The minimum Gasteiger partial charge on any atom is -0.454 e. The number of nitrogens with two attached hydrogens (primary N) is 2. The van der Waals surface area contributed by atoms with E-state index in [9.17, 15) is 4.79 Å². The van der Waals surface area contributed by atoms with Gasteiger partial charge in [-0.2, -0.15) is 0 Å². The third kappa shape index (κ3) is 2.27. The molecule has 0 aliphatic carbocycles. The number of benzene rings is 2. The molecular formula is C14H14N2O2. The van der Waals surface area contributed by atoms with Crippen LogP contribution in [0.25, 0.3) is 0 Å². The van der Waals surface area contributed by atoms with Crippen molar-refractivity contribution in [3.8, 4) is 11.5 Å². The van der Waals surface area contributed by atoms with Crippen LogP contribution in [-0.4, -0.2) is 5.91 Å². The molecule has 0 aliphatic heterocycles. The molecule has 0 radical (unpaired) electrons. The van der Waals surface area contributed by atoms with Crippen LogP contribution in [-0.2, 0) is 0 Å². The number of carbonyl (C=O) groups is 1. The average Bonchev–Trinajstić information content (AvgIpc) is 2.34. The van der Waals surface area contributed by atoms with Crippen molar-refractivity contribution in [2.24, 2.45) is 5.73 Å². The van der Waals surface area contributed by atoms with Crippen LogP contribution in [0.4, 0.5) is 5.69 Å². The van der Waals surface area contributed by atoms with Crippen molar-refractivity contribution in [1.82, 2.24) is 0 Å². The molecule has 0 fully saturated rings. The Balaban J connectivity index is 2.46. The van der Waals surface area contributed by atoms with Crippen molar-refractivity contribution in [3.63, 3.8) is 0 Å². The highest BCUT2D eigenvalue weighted by Gasteiger charge is 2.13. The monoisotopic (exact) mass is 242 g/mol. The van der Waals surface area contributed by atoms with Gasteiger partial charge in [0.2, 0.25) is 0 Å². The van der Waals surface area contributed by atoms with Gasteiger partial charge in [-0.3, -0.25) is 4.79 Å². The summed E-state index contributed by atoms with van der Waals surface area (Å²) in [6.07, 6.45) is 0. The van der Waals surface area contributed by atoms with Gasteiger partial charge in [0.15, 0.2) is 5.75 Å². The first-order valence-electron chi connectivity index (χ1n) is 5.51. The van der Waals surface area contributed by atoms with Crippen LogP contribution in [0.3, 0.4) is 0 Å². The minimum absolute atomic E-state index is 0.276. The molecule has 0 aliphatic rings. The van der Waals surface area contributed by atoms with Crippen molar-refractivity contribution < 1.29 is 9.53 Å². The second kappa shape index (κ2) is 4.79. The van der Waals surface area contributed by atoms with E-state index in [-0.39, 0.29) is 5.56 Å². The Kier molecular flexibility index (Phi) is 3.19. The van der Waals surface area contributed by atoms with Gasteiger partial charge in [-0.15, -0.1) is 0 Å². The predicted molar refractivity (Wildman–Crippen MR) is 70.6 cm³/mol. The van der Waals surface area contributed by atoms with Gasteiger partial charge in [-0.05, 0) is 30.7 Å². The molecule has 0 saturated heterocycles. The van der Waals surface area contributed by atoms with Gasteiger partial charge in [0.05, 0.1) is 11.3 Å². The first-order valence-corrected chi connectivity index (χ1v) is 5.51. The average molecular weight is 242 g/mol. The molecular weight excluding hydrogens is 228 g/mol. The lowest BCUT2D eigenvalue weighted by Gasteiger charge is -2.13. The number of rotatable bonds is 3. The molecule has 2 aromatic rings. The van der Waals surface area contributed by atoms with E-state index < -0.39 is 5.91 Å². The predicted octanol–water partition coefficient (Wildman–Crippen LogP) is 2.47. The second-order valence-corrected chi connectivity index (χ2v) is 3.96. The molecule has 4 nitrogen and oxygen atoms in total. The van der Waals surface area contributed by atoms with Gasteiger partial charge >= 0.3 is 0 Å². The van der Waals surface area contributed by atoms with E-state index in [1.165, 1.54) is 0 Å². The number of para-hydroxylation sites is 2. The van der Waals surface area contributed by atoms with Crippen molar-refractivity contribution in [1.29, 1.82) is 0 Å². The zero-order valence-corrected chi connectivity index (χ0v) is 10.0. The maximum atomic E-state index is 11.3. The van der Waals surface area contributed by atoms with E-state index in [0.29, 0.717) is 17.2 Å². The van der Waals surface area contributed by atoms with Crippen LogP contribution in [0.5, 0.6) is 11.5 Å². The number of hydrogen-bond donors (Lipinski definition) is 2. The molecule has 0 atom stereocenters. The summed E-state index contributed by atoms with van der Waals surface area (Å²) < 4.78 is 5.71. The van der Waals surface area contributed by atoms with Gasteiger partial charge in [0, 0.05) is 0 Å². The Bertz CT molecular complexity index is 594. The van der Waals surface area contributed by atoms with Gasteiger partial charge in [0.25, 0.3) is 5.91 Å². The van der Waals surface area contributed by atoms with E-state index in [0.717, 1.165) is 5.56 Å². The Labute approximate surface area is 105 Å². The topological polar surface area (TPSA) is 78.3 Å². The van der Waals surface area contributed by atoms with Crippen molar-refractivity contribution in [2.45, 2.75) is 6.92 Å². The summed E-state index contributed by atoms with van der Waals surface area (Å²) in [4.78, 5) is 11.3. The van der Waals surface area contributed by atoms with E-state index >= 15 is 0 Å². The molecule has 0 saturated carbocycles. The SMILES string of the molecule is Cc1ccccc1Oc1c(N)cccc1C(N)=O. The van der Waals surface area contributed by atoms with E-state index in [2.05, 4.69) is 0 Å². The van der Waals surface area contributed by atoms with E-state index in [1.807, 2.05) is 31.2 Å². The molecule has 0 aromatic heterocycles. The van der Waals surface area contributed by atoms with Gasteiger partial charge in [0.1, 0.15) is 5.75 Å². The second-order valence-electron chi connectivity index (χ2n) is 3.96. The first-order chi connectivity index (χ1) is 8.59. The number of anilines is 1. The zero-order valence-electron chi connectivity index (χ0n) is 10.0. The third-order valence-corrected chi connectivity index (χ3v) is 2.62. The molecule has 0 bridgehead atoms. The number of carbonyl (C=O) groups excluding carboxylic acids is 1. The summed E-state index contributed by atoms with van der Waals surface area (Å²) in [6.45, 7) is 1.92. The number of primary amides is 1. The maximum Gasteiger partial charge on any atom is 0.252 e. The minimum atomic E-state index is -0.564. The standard InChI is InChI=1S/C14H14N2O2/c1-9-5-2-3-8-12(9)18-13-10(14(16)17)6-4-7-11(13)15/h2-8H,15H2,1H3,(H2,16,17). The highest BCUT2D eigenvalue weighted by Crippen LogP contribution is 2.32. The highest BCUT2D eigenvalue weighted by molar-refractivity contribution is 5.97. The third-order valence-electron chi connectivity index (χ3n) is 2.62. The van der Waals surface area contributed by atoms with Crippen LogP contribution in [0, 0.1) is 6.92 Å². The molecule has 4 heteroatoms. The number of hydrogen-bond acceptors (Lipinski definition) is 3. The fraction of sp³-hybridized carbons (Fsp3) is 0.0714. The summed E-state index contributed by atoms with van der Waals surface area (Å²) >= 11 is 0. The Morgan fingerprint density at radius 1 is 1.11 bits per heavy atom. The summed E-state index contributed by atoms with van der Waals surface area (Å²) in [5.74, 6) is 0.392. The smallest absolute Gasteiger partial charge is 0.252 e. The molecule has 2 aromatic carbocycles. The van der Waals surface area contributed by atoms with Crippen LogP contribution < -0.4 is 16.2 Å². The molecule has 2 rings (SSSR count). The lowest BCUT2D eigenvalue weighted by atomic mass is 10.1. The molecule has 0 spiro atoms. The fourth-order valence-corrected chi connectivity index (χ4v) is 1.64. The van der Waals surface area contributed by atoms with Gasteiger partial charge < -0.3 is 16.2 Å². The number of amides is 1. The first kappa shape index (κ1) is 12.0. The Morgan fingerprint density at radius 3 is 2.50 bits per heavy atom. The van der Waals surface area contributed by atoms with Crippen molar-refractivity contribution in [3.05, 3.63) is 53.6 Å². The maximum absolute atomic E-state index is 11.3. The number of ether oxygens (including phenoxy) is 1. The van der Waals surface area contributed by atoms with Crippen LogP contribution in [0.1, 0.15) is 15.9 Å².